The number of rotatable bonds is 1. The number of methoxy groups -OCH3 is 1. The summed E-state index contributed by atoms with van der Waals surface area (Å²) in [5.74, 6) is 0.429. The van der Waals surface area contributed by atoms with Crippen LogP contribution in [0.5, 0.6) is 0 Å². The predicted octanol–water partition coefficient (Wildman–Crippen LogP) is 3.42. The first kappa shape index (κ1) is 11.2. The van der Waals surface area contributed by atoms with Gasteiger partial charge in [0.1, 0.15) is 0 Å². The van der Waals surface area contributed by atoms with E-state index in [0.29, 0.717) is 0 Å². The van der Waals surface area contributed by atoms with E-state index in [1.54, 1.807) is 7.11 Å². The molecule has 0 amide bonds. The van der Waals surface area contributed by atoms with E-state index in [-0.39, 0.29) is 17.8 Å². The molecule has 0 fully saturated rings. The minimum absolute atomic E-state index is 0.0412. The lowest BCUT2D eigenvalue weighted by Gasteiger charge is -2.26. The van der Waals surface area contributed by atoms with Crippen molar-refractivity contribution in [3.63, 3.8) is 0 Å². The summed E-state index contributed by atoms with van der Waals surface area (Å²) in [6.45, 7) is 0. The van der Waals surface area contributed by atoms with Crippen molar-refractivity contribution in [2.75, 3.05) is 7.11 Å². The maximum absolute atomic E-state index is 12.4. The molecule has 2 aliphatic carbocycles. The van der Waals surface area contributed by atoms with Crippen molar-refractivity contribution < 1.29 is 9.53 Å². The van der Waals surface area contributed by atoms with E-state index < -0.39 is 0 Å². The smallest absolute Gasteiger partial charge is 0.190 e. The Morgan fingerprint density at radius 1 is 1.29 bits per heavy atom. The Bertz CT molecular complexity index is 519. The maximum atomic E-state index is 12.4. The van der Waals surface area contributed by atoms with E-state index in [0.717, 1.165) is 28.5 Å². The van der Waals surface area contributed by atoms with Gasteiger partial charge in [-0.15, -0.1) is 0 Å². The van der Waals surface area contributed by atoms with Crippen LogP contribution >= 0.6 is 15.9 Å². The molecule has 0 heterocycles. The Kier molecular flexibility index (Phi) is 2.68. The first-order valence-electron chi connectivity index (χ1n) is 5.80. The number of halogens is 1. The second kappa shape index (κ2) is 4.07. The zero-order valence-electron chi connectivity index (χ0n) is 9.57. The van der Waals surface area contributed by atoms with E-state index in [1.165, 1.54) is 5.56 Å². The number of carbonyl (C=O) groups is 1. The Morgan fingerprint density at radius 2 is 2.06 bits per heavy atom. The molecular formula is C14H13BrO2. The number of benzene rings is 1. The van der Waals surface area contributed by atoms with Gasteiger partial charge in [-0.2, -0.15) is 0 Å². The van der Waals surface area contributed by atoms with Gasteiger partial charge in [-0.1, -0.05) is 40.2 Å². The fourth-order valence-electron chi connectivity index (χ4n) is 2.88. The second-order valence-electron chi connectivity index (χ2n) is 4.53. The number of hydrogen-bond donors (Lipinski definition) is 0. The fraction of sp³-hybridized carbons (Fsp3) is 0.357. The highest BCUT2D eigenvalue weighted by Gasteiger charge is 2.40. The van der Waals surface area contributed by atoms with Gasteiger partial charge in [0, 0.05) is 28.6 Å². The first-order chi connectivity index (χ1) is 8.24. The Labute approximate surface area is 109 Å². The molecule has 88 valence electrons. The molecule has 0 saturated carbocycles. The predicted molar refractivity (Wildman–Crippen MR) is 69.5 cm³/mol. The van der Waals surface area contributed by atoms with Crippen LogP contribution in [-0.4, -0.2) is 19.0 Å². The number of ketones is 1. The van der Waals surface area contributed by atoms with Crippen LogP contribution in [0.4, 0.5) is 0 Å². The molecule has 0 radical (unpaired) electrons. The Balaban J connectivity index is 2.16. The highest BCUT2D eigenvalue weighted by atomic mass is 79.9. The Morgan fingerprint density at radius 3 is 2.82 bits per heavy atom. The van der Waals surface area contributed by atoms with E-state index in [1.807, 2.05) is 18.2 Å². The van der Waals surface area contributed by atoms with E-state index in [4.69, 9.17) is 4.74 Å². The van der Waals surface area contributed by atoms with Crippen LogP contribution in [0.2, 0.25) is 0 Å². The number of allylic oxidation sites excluding steroid dienone is 1. The minimum atomic E-state index is 0.0412. The zero-order valence-corrected chi connectivity index (χ0v) is 11.2. The van der Waals surface area contributed by atoms with Crippen molar-refractivity contribution in [2.24, 2.45) is 0 Å². The van der Waals surface area contributed by atoms with Gasteiger partial charge in [-0.3, -0.25) is 4.79 Å². The van der Waals surface area contributed by atoms with Gasteiger partial charge >= 0.3 is 0 Å². The molecule has 0 aliphatic heterocycles. The third-order valence-electron chi connectivity index (χ3n) is 3.72. The number of fused-ring (bicyclic) bond motifs is 3. The van der Waals surface area contributed by atoms with E-state index >= 15 is 0 Å². The third kappa shape index (κ3) is 1.53. The summed E-state index contributed by atoms with van der Waals surface area (Å²) in [5, 5.41) is 0. The van der Waals surface area contributed by atoms with Crippen molar-refractivity contribution in [2.45, 2.75) is 24.9 Å². The normalized spacial score (nSPS) is 27.1. The Hall–Kier alpha value is -0.930. The number of ether oxygens (including phenoxy) is 1. The molecular weight excluding hydrogens is 280 g/mol. The summed E-state index contributed by atoms with van der Waals surface area (Å²) in [6, 6.07) is 7.92. The molecule has 1 aromatic carbocycles. The molecule has 3 rings (SSSR count). The monoisotopic (exact) mass is 292 g/mol. The van der Waals surface area contributed by atoms with Gasteiger partial charge in [-0.05, 0) is 18.4 Å². The molecule has 0 saturated heterocycles. The van der Waals surface area contributed by atoms with E-state index in [9.17, 15) is 4.79 Å². The maximum Gasteiger partial charge on any atom is 0.190 e. The summed E-state index contributed by atoms with van der Waals surface area (Å²) in [6.07, 6.45) is 2.00. The summed E-state index contributed by atoms with van der Waals surface area (Å²) in [5.41, 5.74) is 2.95. The van der Waals surface area contributed by atoms with Crippen molar-refractivity contribution in [1.29, 1.82) is 0 Å². The highest BCUT2D eigenvalue weighted by molar-refractivity contribution is 9.11. The van der Waals surface area contributed by atoms with Crippen molar-refractivity contribution in [1.82, 2.24) is 0 Å². The molecule has 1 aromatic rings. The average molecular weight is 293 g/mol. The van der Waals surface area contributed by atoms with Crippen molar-refractivity contribution >= 4 is 21.7 Å². The molecule has 0 aromatic heterocycles. The SMILES string of the molecule is COC1CCC2C(=C1Br)C(=O)c1ccccc12. The lowest BCUT2D eigenvalue weighted by molar-refractivity contribution is 0.100. The lowest BCUT2D eigenvalue weighted by atomic mass is 9.86. The fourth-order valence-corrected chi connectivity index (χ4v) is 3.75. The van der Waals surface area contributed by atoms with Crippen LogP contribution in [0.15, 0.2) is 34.3 Å². The average Bonchev–Trinajstić information content (AvgIpc) is 2.65. The highest BCUT2D eigenvalue weighted by Crippen LogP contribution is 2.47. The summed E-state index contributed by atoms with van der Waals surface area (Å²) in [4.78, 5) is 12.4. The largest absolute Gasteiger partial charge is 0.376 e. The van der Waals surface area contributed by atoms with Crippen LogP contribution in [-0.2, 0) is 4.74 Å². The third-order valence-corrected chi connectivity index (χ3v) is 4.65. The van der Waals surface area contributed by atoms with Gasteiger partial charge in [0.15, 0.2) is 5.78 Å². The molecule has 17 heavy (non-hydrogen) atoms. The van der Waals surface area contributed by atoms with Crippen LogP contribution in [0.1, 0.15) is 34.7 Å². The van der Waals surface area contributed by atoms with E-state index in [2.05, 4.69) is 22.0 Å². The molecule has 2 atom stereocenters. The summed E-state index contributed by atoms with van der Waals surface area (Å²) in [7, 11) is 1.69. The quantitative estimate of drug-likeness (QED) is 0.793. The minimum Gasteiger partial charge on any atom is -0.376 e. The second-order valence-corrected chi connectivity index (χ2v) is 5.39. The molecule has 2 unspecified atom stereocenters. The number of hydrogen-bond acceptors (Lipinski definition) is 2. The summed E-state index contributed by atoms with van der Waals surface area (Å²) >= 11 is 3.56. The van der Waals surface area contributed by atoms with Gasteiger partial charge < -0.3 is 4.74 Å². The standard InChI is InChI=1S/C14H13BrO2/c1-17-11-7-6-9-8-4-2-3-5-10(8)14(16)12(9)13(11)15/h2-5,9,11H,6-7H2,1H3. The van der Waals surface area contributed by atoms with Crippen LogP contribution < -0.4 is 0 Å². The molecule has 3 heteroatoms. The molecule has 0 bridgehead atoms. The van der Waals surface area contributed by atoms with Crippen molar-refractivity contribution in [3.05, 3.63) is 45.4 Å². The molecule has 2 nitrogen and oxygen atoms in total. The van der Waals surface area contributed by atoms with Gasteiger partial charge in [0.05, 0.1) is 6.10 Å². The van der Waals surface area contributed by atoms with Gasteiger partial charge in [0.2, 0.25) is 0 Å². The van der Waals surface area contributed by atoms with Crippen molar-refractivity contribution in [3.8, 4) is 0 Å². The van der Waals surface area contributed by atoms with Crippen LogP contribution in [0.25, 0.3) is 0 Å². The van der Waals surface area contributed by atoms with Crippen LogP contribution in [0.3, 0.4) is 0 Å². The van der Waals surface area contributed by atoms with Gasteiger partial charge in [-0.25, -0.2) is 0 Å². The zero-order chi connectivity index (χ0) is 12.0. The first-order valence-corrected chi connectivity index (χ1v) is 6.59. The number of Topliss-reactive ketones (excluding diaryl/α,β-unsaturated/α-hetero) is 1. The molecule has 0 N–H and O–H groups in total. The number of carbonyl (C=O) groups excluding carboxylic acids is 1. The lowest BCUT2D eigenvalue weighted by Crippen LogP contribution is -2.21. The van der Waals surface area contributed by atoms with Crippen LogP contribution in [0, 0.1) is 0 Å². The topological polar surface area (TPSA) is 26.3 Å². The molecule has 2 aliphatic rings. The molecule has 0 spiro atoms. The summed E-state index contributed by atoms with van der Waals surface area (Å²) < 4.78 is 6.34. The van der Waals surface area contributed by atoms with Gasteiger partial charge in [0.25, 0.3) is 0 Å².